The Kier molecular flexibility index (Phi) is 5.16. The first-order valence-corrected chi connectivity index (χ1v) is 6.52. The van der Waals surface area contributed by atoms with Crippen LogP contribution < -0.4 is 0 Å². The van der Waals surface area contributed by atoms with Crippen LogP contribution in [0, 0.1) is 0 Å². The highest BCUT2D eigenvalue weighted by Crippen LogP contribution is 2.13. The maximum absolute atomic E-state index is 11.5. The molecule has 1 heterocycles. The monoisotopic (exact) mass is 214 g/mol. The second kappa shape index (κ2) is 6.22. The number of Topliss-reactive ketones (excluding diaryl/α,β-unsaturated/α-hetero) is 1. The van der Waals surface area contributed by atoms with E-state index in [1.165, 1.54) is 11.3 Å². The highest BCUT2D eigenvalue weighted by Gasteiger charge is 2.05. The number of hydrogen-bond acceptors (Lipinski definition) is 3. The van der Waals surface area contributed by atoms with Gasteiger partial charge >= 0.3 is 0 Å². The molecule has 0 radical (unpaired) electrons. The van der Waals surface area contributed by atoms with Crippen LogP contribution in [-0.4, -0.2) is 17.3 Å². The molecule has 0 aromatic carbocycles. The van der Waals surface area contributed by atoms with Gasteiger partial charge in [-0.3, -0.25) is 4.79 Å². The van der Waals surface area contributed by atoms with E-state index >= 15 is 0 Å². The predicted molar refractivity (Wildman–Crippen MR) is 60.9 cm³/mol. The summed E-state index contributed by atoms with van der Waals surface area (Å²) in [6, 6.07) is 3.83. The molecule has 13 heavy (non-hydrogen) atoms. The van der Waals surface area contributed by atoms with Crippen LogP contribution in [0.5, 0.6) is 0 Å². The van der Waals surface area contributed by atoms with Crippen molar-refractivity contribution in [2.75, 3.05) is 11.5 Å². The molecule has 0 amide bonds. The predicted octanol–water partition coefficient (Wildman–Crippen LogP) is 3.46. The lowest BCUT2D eigenvalue weighted by molar-refractivity contribution is 0.0986. The maximum atomic E-state index is 11.5. The lowest BCUT2D eigenvalue weighted by atomic mass is 10.2. The Morgan fingerprint density at radius 2 is 2.46 bits per heavy atom. The van der Waals surface area contributed by atoms with E-state index < -0.39 is 0 Å². The number of rotatable bonds is 6. The molecular weight excluding hydrogens is 200 g/mol. The zero-order chi connectivity index (χ0) is 9.52. The Morgan fingerprint density at radius 3 is 3.08 bits per heavy atom. The molecule has 1 nitrogen and oxygen atoms in total. The number of hydrogen-bond donors (Lipinski definition) is 0. The Bertz CT molecular complexity index is 241. The SMILES string of the molecule is CCSCCCC(=O)c1cccs1. The minimum absolute atomic E-state index is 0.298. The van der Waals surface area contributed by atoms with Crippen molar-refractivity contribution in [2.24, 2.45) is 0 Å². The highest BCUT2D eigenvalue weighted by molar-refractivity contribution is 7.99. The van der Waals surface area contributed by atoms with Gasteiger partial charge in [0.2, 0.25) is 0 Å². The van der Waals surface area contributed by atoms with E-state index in [4.69, 9.17) is 0 Å². The van der Waals surface area contributed by atoms with Crippen molar-refractivity contribution in [3.63, 3.8) is 0 Å². The second-order valence-corrected chi connectivity index (χ2v) is 5.04. The molecule has 1 aromatic heterocycles. The van der Waals surface area contributed by atoms with Crippen molar-refractivity contribution in [3.8, 4) is 0 Å². The summed E-state index contributed by atoms with van der Waals surface area (Å²) in [6.07, 6.45) is 1.71. The topological polar surface area (TPSA) is 17.1 Å². The van der Waals surface area contributed by atoms with Crippen molar-refractivity contribution in [1.82, 2.24) is 0 Å². The fourth-order valence-corrected chi connectivity index (χ4v) is 2.37. The molecule has 0 aliphatic carbocycles. The molecule has 0 saturated heterocycles. The van der Waals surface area contributed by atoms with E-state index in [-0.39, 0.29) is 0 Å². The molecular formula is C10H14OS2. The molecule has 0 saturated carbocycles. The van der Waals surface area contributed by atoms with Gasteiger partial charge in [0.15, 0.2) is 5.78 Å². The standard InChI is InChI=1S/C10H14OS2/c1-2-12-7-3-5-9(11)10-6-4-8-13-10/h4,6,8H,2-3,5,7H2,1H3. The van der Waals surface area contributed by atoms with E-state index in [1.54, 1.807) is 0 Å². The largest absolute Gasteiger partial charge is 0.293 e. The minimum atomic E-state index is 0.298. The van der Waals surface area contributed by atoms with E-state index in [0.29, 0.717) is 12.2 Å². The van der Waals surface area contributed by atoms with Crippen LogP contribution >= 0.6 is 23.1 Å². The van der Waals surface area contributed by atoms with Gasteiger partial charge in [0, 0.05) is 6.42 Å². The summed E-state index contributed by atoms with van der Waals surface area (Å²) in [7, 11) is 0. The van der Waals surface area contributed by atoms with Crippen molar-refractivity contribution < 1.29 is 4.79 Å². The first kappa shape index (κ1) is 10.8. The van der Waals surface area contributed by atoms with Gasteiger partial charge in [-0.2, -0.15) is 11.8 Å². The zero-order valence-corrected chi connectivity index (χ0v) is 9.42. The Balaban J connectivity index is 2.19. The first-order chi connectivity index (χ1) is 6.34. The Morgan fingerprint density at radius 1 is 1.62 bits per heavy atom. The quantitative estimate of drug-likeness (QED) is 0.533. The van der Waals surface area contributed by atoms with Crippen LogP contribution in [-0.2, 0) is 0 Å². The van der Waals surface area contributed by atoms with Crippen LogP contribution in [0.2, 0.25) is 0 Å². The van der Waals surface area contributed by atoms with Crippen molar-refractivity contribution in [1.29, 1.82) is 0 Å². The fourth-order valence-electron chi connectivity index (χ4n) is 1.04. The molecule has 72 valence electrons. The van der Waals surface area contributed by atoms with Crippen LogP contribution in [0.3, 0.4) is 0 Å². The lowest BCUT2D eigenvalue weighted by Gasteiger charge is -1.97. The van der Waals surface area contributed by atoms with Crippen LogP contribution in [0.15, 0.2) is 17.5 Å². The minimum Gasteiger partial charge on any atom is -0.293 e. The number of carbonyl (C=O) groups is 1. The fraction of sp³-hybridized carbons (Fsp3) is 0.500. The lowest BCUT2D eigenvalue weighted by Crippen LogP contribution is -1.96. The van der Waals surface area contributed by atoms with Crippen molar-refractivity contribution in [2.45, 2.75) is 19.8 Å². The molecule has 0 spiro atoms. The molecule has 3 heteroatoms. The van der Waals surface area contributed by atoms with Crippen LogP contribution in [0.1, 0.15) is 29.4 Å². The third-order valence-corrected chi connectivity index (χ3v) is 3.59. The third-order valence-electron chi connectivity index (χ3n) is 1.69. The number of carbonyl (C=O) groups excluding carboxylic acids is 1. The second-order valence-electron chi connectivity index (χ2n) is 2.70. The average molecular weight is 214 g/mol. The normalized spacial score (nSPS) is 10.2. The van der Waals surface area contributed by atoms with Gasteiger partial charge in [-0.25, -0.2) is 0 Å². The Hall–Kier alpha value is -0.280. The number of ketones is 1. The van der Waals surface area contributed by atoms with Crippen LogP contribution in [0.4, 0.5) is 0 Å². The molecule has 0 atom stereocenters. The summed E-state index contributed by atoms with van der Waals surface area (Å²) in [5, 5.41) is 1.95. The molecule has 0 unspecified atom stereocenters. The number of thioether (sulfide) groups is 1. The van der Waals surface area contributed by atoms with E-state index in [9.17, 15) is 4.79 Å². The average Bonchev–Trinajstić information content (AvgIpc) is 2.65. The van der Waals surface area contributed by atoms with Gasteiger partial charge in [0.1, 0.15) is 0 Å². The first-order valence-electron chi connectivity index (χ1n) is 4.49. The molecule has 1 rings (SSSR count). The van der Waals surface area contributed by atoms with Gasteiger partial charge < -0.3 is 0 Å². The van der Waals surface area contributed by atoms with Gasteiger partial charge in [0.25, 0.3) is 0 Å². The summed E-state index contributed by atoms with van der Waals surface area (Å²) in [5.74, 6) is 2.55. The van der Waals surface area contributed by atoms with Gasteiger partial charge in [-0.1, -0.05) is 13.0 Å². The summed E-state index contributed by atoms with van der Waals surface area (Å²) in [5.41, 5.74) is 0. The summed E-state index contributed by atoms with van der Waals surface area (Å²) in [6.45, 7) is 2.14. The molecule has 1 aromatic rings. The zero-order valence-electron chi connectivity index (χ0n) is 7.79. The van der Waals surface area contributed by atoms with E-state index in [1.807, 2.05) is 29.3 Å². The summed E-state index contributed by atoms with van der Waals surface area (Å²) < 4.78 is 0. The smallest absolute Gasteiger partial charge is 0.172 e. The van der Waals surface area contributed by atoms with E-state index in [2.05, 4.69) is 6.92 Å². The van der Waals surface area contributed by atoms with Gasteiger partial charge in [-0.15, -0.1) is 11.3 Å². The molecule has 0 aliphatic rings. The third kappa shape index (κ3) is 3.96. The van der Waals surface area contributed by atoms with Gasteiger partial charge in [0.05, 0.1) is 4.88 Å². The van der Waals surface area contributed by atoms with Gasteiger partial charge in [-0.05, 0) is 29.4 Å². The summed E-state index contributed by atoms with van der Waals surface area (Å²) >= 11 is 3.44. The number of thiophene rings is 1. The maximum Gasteiger partial charge on any atom is 0.172 e. The van der Waals surface area contributed by atoms with E-state index in [0.717, 1.165) is 22.8 Å². The van der Waals surface area contributed by atoms with Crippen LogP contribution in [0.25, 0.3) is 0 Å². The molecule has 0 bridgehead atoms. The van der Waals surface area contributed by atoms with Crippen molar-refractivity contribution in [3.05, 3.63) is 22.4 Å². The highest BCUT2D eigenvalue weighted by atomic mass is 32.2. The molecule has 0 fully saturated rings. The molecule has 0 N–H and O–H groups in total. The summed E-state index contributed by atoms with van der Waals surface area (Å²) in [4.78, 5) is 12.4. The molecule has 0 aliphatic heterocycles. The van der Waals surface area contributed by atoms with Crippen molar-refractivity contribution >= 4 is 28.9 Å². The Labute approximate surface area is 87.5 Å².